The Labute approximate surface area is 231 Å². The van der Waals surface area contributed by atoms with E-state index in [1.54, 1.807) is 54.2 Å². The molecule has 204 valence electrons. The fourth-order valence-corrected chi connectivity index (χ4v) is 5.31. The normalized spacial score (nSPS) is 14.4. The van der Waals surface area contributed by atoms with Gasteiger partial charge in [0.15, 0.2) is 0 Å². The molecule has 0 aliphatic carbocycles. The largest absolute Gasteiger partial charge is 0.495 e. The number of carbonyl (C=O) groups is 3. The van der Waals surface area contributed by atoms with Crippen molar-refractivity contribution in [2.24, 2.45) is 0 Å². The van der Waals surface area contributed by atoms with Gasteiger partial charge in [-0.1, -0.05) is 24.3 Å². The van der Waals surface area contributed by atoms with E-state index in [4.69, 9.17) is 14.2 Å². The first kappa shape index (κ1) is 27.8. The van der Waals surface area contributed by atoms with Crippen LogP contribution in [0, 0.1) is 6.92 Å². The Bertz CT molecular complexity index is 1330. The highest BCUT2D eigenvalue weighted by molar-refractivity contribution is 7.99. The third-order valence-corrected chi connectivity index (χ3v) is 7.36. The summed E-state index contributed by atoms with van der Waals surface area (Å²) in [6.45, 7) is 2.26. The van der Waals surface area contributed by atoms with Gasteiger partial charge in [-0.25, -0.2) is 9.59 Å². The minimum Gasteiger partial charge on any atom is -0.495 e. The second-order valence-corrected chi connectivity index (χ2v) is 9.95. The van der Waals surface area contributed by atoms with Crippen LogP contribution in [0.15, 0.2) is 66.7 Å². The number of hydrogen-bond acceptors (Lipinski definition) is 7. The molecule has 10 heteroatoms. The van der Waals surface area contributed by atoms with Gasteiger partial charge in [-0.05, 0) is 60.5 Å². The molecule has 1 aliphatic heterocycles. The van der Waals surface area contributed by atoms with Crippen molar-refractivity contribution in [3.63, 3.8) is 0 Å². The Hall–Kier alpha value is -4.18. The number of thioether (sulfide) groups is 1. The van der Waals surface area contributed by atoms with Crippen LogP contribution in [0.25, 0.3) is 0 Å². The first-order chi connectivity index (χ1) is 18.9. The third-order valence-electron chi connectivity index (χ3n) is 6.28. The average Bonchev–Trinajstić information content (AvgIpc) is 3.43. The molecule has 1 saturated heterocycles. The lowest BCUT2D eigenvalue weighted by atomic mass is 10.1. The number of nitrogens with one attached hydrogen (secondary N) is 2. The summed E-state index contributed by atoms with van der Waals surface area (Å²) in [6, 6.07) is 19.1. The second-order valence-electron chi connectivity index (χ2n) is 8.95. The number of amides is 3. The number of esters is 1. The Kier molecular flexibility index (Phi) is 9.32. The van der Waals surface area contributed by atoms with E-state index in [9.17, 15) is 14.4 Å². The molecule has 0 bridgehead atoms. The average molecular weight is 550 g/mol. The minimum atomic E-state index is -0.406. The number of ether oxygens (including phenoxy) is 3. The summed E-state index contributed by atoms with van der Waals surface area (Å²) in [5, 5.41) is 5.64. The molecule has 1 aliphatic rings. The van der Waals surface area contributed by atoms with Gasteiger partial charge in [0.2, 0.25) is 5.91 Å². The van der Waals surface area contributed by atoms with Crippen LogP contribution >= 0.6 is 11.8 Å². The highest BCUT2D eigenvalue weighted by Gasteiger charge is 2.30. The van der Waals surface area contributed by atoms with Crippen molar-refractivity contribution >= 4 is 41.0 Å². The molecule has 0 saturated carbocycles. The molecule has 39 heavy (non-hydrogen) atoms. The summed E-state index contributed by atoms with van der Waals surface area (Å²) < 4.78 is 16.1. The number of carbonyl (C=O) groups excluding carboxylic acids is 3. The Morgan fingerprint density at radius 2 is 1.72 bits per heavy atom. The molecule has 3 amide bonds. The number of anilines is 2. The van der Waals surface area contributed by atoms with Crippen molar-refractivity contribution in [2.45, 2.75) is 19.4 Å². The number of aryl methyl sites for hydroxylation is 1. The number of methoxy groups -OCH3 is 2. The summed E-state index contributed by atoms with van der Waals surface area (Å²) in [4.78, 5) is 39.1. The van der Waals surface area contributed by atoms with Crippen LogP contribution in [0.5, 0.6) is 11.5 Å². The van der Waals surface area contributed by atoms with Crippen LogP contribution in [0.3, 0.4) is 0 Å². The summed E-state index contributed by atoms with van der Waals surface area (Å²) in [7, 11) is 2.86. The van der Waals surface area contributed by atoms with E-state index in [1.165, 1.54) is 14.2 Å². The monoisotopic (exact) mass is 549 g/mol. The lowest BCUT2D eigenvalue weighted by Gasteiger charge is -2.24. The fraction of sp³-hybridized carbons (Fsp3) is 0.276. The first-order valence-electron chi connectivity index (χ1n) is 12.4. The van der Waals surface area contributed by atoms with Gasteiger partial charge in [-0.3, -0.25) is 4.79 Å². The van der Waals surface area contributed by atoms with Gasteiger partial charge in [0.25, 0.3) is 0 Å². The molecule has 0 radical (unpaired) electrons. The van der Waals surface area contributed by atoms with Crippen LogP contribution in [0.4, 0.5) is 16.2 Å². The minimum absolute atomic E-state index is 0.0188. The van der Waals surface area contributed by atoms with Crippen LogP contribution in [0.2, 0.25) is 0 Å². The molecule has 1 atom stereocenters. The molecule has 0 spiro atoms. The van der Waals surface area contributed by atoms with Gasteiger partial charge < -0.3 is 29.7 Å². The Balaban J connectivity index is 1.34. The quantitative estimate of drug-likeness (QED) is 0.364. The highest BCUT2D eigenvalue weighted by atomic mass is 32.2. The molecular weight excluding hydrogens is 518 g/mol. The van der Waals surface area contributed by atoms with Gasteiger partial charge in [0, 0.05) is 11.4 Å². The van der Waals surface area contributed by atoms with Crippen LogP contribution < -0.4 is 20.1 Å². The van der Waals surface area contributed by atoms with Crippen molar-refractivity contribution < 1.29 is 28.6 Å². The number of para-hydroxylation sites is 1. The topological polar surface area (TPSA) is 106 Å². The molecule has 4 rings (SSSR count). The zero-order valence-electron chi connectivity index (χ0n) is 22.1. The molecule has 1 unspecified atom stereocenters. The Morgan fingerprint density at radius 1 is 0.974 bits per heavy atom. The fourth-order valence-electron chi connectivity index (χ4n) is 4.11. The van der Waals surface area contributed by atoms with E-state index in [2.05, 4.69) is 10.6 Å². The van der Waals surface area contributed by atoms with Gasteiger partial charge in [0.05, 0.1) is 43.8 Å². The van der Waals surface area contributed by atoms with E-state index in [1.807, 2.05) is 36.1 Å². The van der Waals surface area contributed by atoms with E-state index in [-0.39, 0.29) is 24.4 Å². The summed E-state index contributed by atoms with van der Waals surface area (Å²) >= 11 is 1.68. The molecule has 1 heterocycles. The molecular formula is C29H31N3O6S. The van der Waals surface area contributed by atoms with Crippen molar-refractivity contribution in [3.8, 4) is 11.5 Å². The third kappa shape index (κ3) is 7.23. The van der Waals surface area contributed by atoms with Gasteiger partial charge in [-0.15, -0.1) is 11.8 Å². The number of nitrogens with zero attached hydrogens (tertiary/aromatic N) is 1. The summed E-state index contributed by atoms with van der Waals surface area (Å²) in [5.74, 6) is 2.02. The van der Waals surface area contributed by atoms with Gasteiger partial charge >= 0.3 is 12.0 Å². The molecule has 3 aromatic rings. The summed E-state index contributed by atoms with van der Waals surface area (Å²) in [6.07, 6.45) is 0.191. The van der Waals surface area contributed by atoms with Gasteiger partial charge in [0.1, 0.15) is 18.1 Å². The molecule has 9 nitrogen and oxygen atoms in total. The van der Waals surface area contributed by atoms with Crippen LogP contribution in [-0.4, -0.2) is 61.3 Å². The van der Waals surface area contributed by atoms with Crippen molar-refractivity contribution in [1.29, 1.82) is 0 Å². The maximum atomic E-state index is 13.2. The molecule has 0 aromatic heterocycles. The standard InChI is InChI=1S/C29H31N3O6S/c1-19-6-4-5-7-24(19)30-29(35)31-25-13-8-20(14-26(25)36-2)15-27(33)32-18-39-17-22(32)16-38-23-11-9-21(10-12-23)28(34)37-3/h4-14,22H,15-18H2,1-3H3,(H2,30,31,35). The number of hydrogen-bond donors (Lipinski definition) is 2. The Morgan fingerprint density at radius 3 is 2.44 bits per heavy atom. The SMILES string of the molecule is COC(=O)c1ccc(OCC2CSCN2C(=O)Cc2ccc(NC(=O)Nc3ccccc3C)c(OC)c2)cc1. The zero-order chi connectivity index (χ0) is 27.8. The predicted octanol–water partition coefficient (Wildman–Crippen LogP) is 4.96. The number of rotatable bonds is 9. The molecule has 2 N–H and O–H groups in total. The van der Waals surface area contributed by atoms with Crippen molar-refractivity contribution in [2.75, 3.05) is 43.1 Å². The molecule has 1 fully saturated rings. The lowest BCUT2D eigenvalue weighted by Crippen LogP contribution is -2.41. The van der Waals surface area contributed by atoms with Crippen LogP contribution in [0.1, 0.15) is 21.5 Å². The van der Waals surface area contributed by atoms with Crippen molar-refractivity contribution in [1.82, 2.24) is 4.90 Å². The number of urea groups is 1. The highest BCUT2D eigenvalue weighted by Crippen LogP contribution is 2.28. The number of benzene rings is 3. The lowest BCUT2D eigenvalue weighted by molar-refractivity contribution is -0.131. The second kappa shape index (κ2) is 13.1. The maximum Gasteiger partial charge on any atom is 0.337 e. The maximum absolute atomic E-state index is 13.2. The van der Waals surface area contributed by atoms with Crippen LogP contribution in [-0.2, 0) is 16.0 Å². The van der Waals surface area contributed by atoms with E-state index < -0.39 is 5.97 Å². The summed E-state index contributed by atoms with van der Waals surface area (Å²) in [5.41, 5.74) is 3.39. The first-order valence-corrected chi connectivity index (χ1v) is 13.5. The predicted molar refractivity (Wildman–Crippen MR) is 152 cm³/mol. The van der Waals surface area contributed by atoms with Crippen molar-refractivity contribution in [3.05, 3.63) is 83.4 Å². The van der Waals surface area contributed by atoms with E-state index >= 15 is 0 Å². The van der Waals surface area contributed by atoms with Gasteiger partial charge in [-0.2, -0.15) is 0 Å². The molecule has 3 aromatic carbocycles. The van der Waals surface area contributed by atoms with E-state index in [0.29, 0.717) is 35.2 Å². The zero-order valence-corrected chi connectivity index (χ0v) is 22.9. The van der Waals surface area contributed by atoms with E-state index in [0.717, 1.165) is 22.6 Å². The smallest absolute Gasteiger partial charge is 0.337 e.